The molecule has 0 saturated heterocycles. The van der Waals surface area contributed by atoms with Crippen molar-refractivity contribution in [2.75, 3.05) is 13.1 Å². The van der Waals surface area contributed by atoms with Crippen LogP contribution in [0, 0.1) is 5.82 Å². The lowest BCUT2D eigenvalue weighted by molar-refractivity contribution is -0.120. The van der Waals surface area contributed by atoms with Gasteiger partial charge in [0.1, 0.15) is 5.82 Å². The summed E-state index contributed by atoms with van der Waals surface area (Å²) in [5, 5.41) is 5.30. The number of carbonyl (C=O) groups excluding carboxylic acids is 2. The Morgan fingerprint density at radius 2 is 1.83 bits per heavy atom. The van der Waals surface area contributed by atoms with E-state index in [0.29, 0.717) is 25.1 Å². The van der Waals surface area contributed by atoms with Crippen LogP contribution < -0.4 is 10.6 Å². The summed E-state index contributed by atoms with van der Waals surface area (Å²) < 4.78 is 13.3. The number of benzene rings is 1. The van der Waals surface area contributed by atoms with Crippen molar-refractivity contribution in [1.29, 1.82) is 0 Å². The number of amides is 2. The summed E-state index contributed by atoms with van der Waals surface area (Å²) >= 11 is 0. The minimum atomic E-state index is -0.370. The van der Waals surface area contributed by atoms with Crippen LogP contribution in [-0.4, -0.2) is 24.9 Å². The molecular weight excluding hydrogens is 235 g/mol. The summed E-state index contributed by atoms with van der Waals surface area (Å²) in [7, 11) is 0. The van der Waals surface area contributed by atoms with E-state index in [1.165, 1.54) is 13.0 Å². The molecule has 0 spiro atoms. The number of hydrogen-bond donors (Lipinski definition) is 2. The van der Waals surface area contributed by atoms with E-state index in [1.807, 2.05) is 0 Å². The molecular formula is C13H17FN2O2. The van der Waals surface area contributed by atoms with Crippen molar-refractivity contribution in [3.05, 3.63) is 35.6 Å². The van der Waals surface area contributed by atoms with Crippen LogP contribution in [0.4, 0.5) is 4.39 Å². The zero-order valence-electron chi connectivity index (χ0n) is 10.3. The van der Waals surface area contributed by atoms with Gasteiger partial charge in [0.15, 0.2) is 0 Å². The number of nitrogens with one attached hydrogen (secondary N) is 2. The molecule has 0 unspecified atom stereocenters. The largest absolute Gasteiger partial charge is 0.356 e. The molecule has 0 heterocycles. The first-order chi connectivity index (χ1) is 8.59. The Morgan fingerprint density at radius 1 is 1.17 bits per heavy atom. The van der Waals surface area contributed by atoms with E-state index < -0.39 is 0 Å². The monoisotopic (exact) mass is 252 g/mol. The van der Waals surface area contributed by atoms with Gasteiger partial charge >= 0.3 is 0 Å². The number of rotatable bonds is 6. The third kappa shape index (κ3) is 5.43. The number of carbonyl (C=O) groups is 2. The molecule has 2 amide bonds. The van der Waals surface area contributed by atoms with Gasteiger partial charge in [0.25, 0.3) is 0 Å². The Morgan fingerprint density at radius 3 is 2.50 bits per heavy atom. The maximum Gasteiger partial charge on any atom is 0.224 e. The van der Waals surface area contributed by atoms with Crippen molar-refractivity contribution in [2.24, 2.45) is 0 Å². The quantitative estimate of drug-likeness (QED) is 0.742. The molecule has 5 heteroatoms. The second kappa shape index (κ2) is 7.42. The van der Waals surface area contributed by atoms with Crippen molar-refractivity contribution in [2.45, 2.75) is 19.8 Å². The van der Waals surface area contributed by atoms with Gasteiger partial charge in [-0.3, -0.25) is 9.59 Å². The Hall–Kier alpha value is -1.91. The molecule has 0 atom stereocenters. The average molecular weight is 252 g/mol. The average Bonchev–Trinajstić information content (AvgIpc) is 2.31. The standard InChI is InChI=1S/C13H17FN2O2/c1-10(17)15-7-4-8-16-13(18)9-11-5-2-3-6-12(11)14/h2-3,5-6H,4,7-9H2,1H3,(H,15,17)(H,16,18). The van der Waals surface area contributed by atoms with Crippen LogP contribution in [0.2, 0.25) is 0 Å². The van der Waals surface area contributed by atoms with E-state index in [1.54, 1.807) is 18.2 Å². The summed E-state index contributed by atoms with van der Waals surface area (Å²) in [4.78, 5) is 22.1. The molecule has 2 N–H and O–H groups in total. The third-order valence-corrected chi connectivity index (χ3v) is 2.36. The highest BCUT2D eigenvalue weighted by atomic mass is 19.1. The normalized spacial score (nSPS) is 9.89. The highest BCUT2D eigenvalue weighted by Crippen LogP contribution is 2.06. The zero-order valence-corrected chi connectivity index (χ0v) is 10.3. The molecule has 0 aromatic heterocycles. The second-order valence-electron chi connectivity index (χ2n) is 3.95. The van der Waals surface area contributed by atoms with Crippen LogP contribution in [0.15, 0.2) is 24.3 Å². The topological polar surface area (TPSA) is 58.2 Å². The molecule has 1 aromatic carbocycles. The Bertz CT molecular complexity index is 421. The minimum absolute atomic E-state index is 0.0345. The van der Waals surface area contributed by atoms with E-state index in [4.69, 9.17) is 0 Å². The van der Waals surface area contributed by atoms with Gasteiger partial charge in [0.2, 0.25) is 11.8 Å². The predicted octanol–water partition coefficient (Wildman–Crippen LogP) is 1.01. The highest BCUT2D eigenvalue weighted by molar-refractivity contribution is 5.78. The highest BCUT2D eigenvalue weighted by Gasteiger charge is 2.06. The molecule has 98 valence electrons. The molecule has 18 heavy (non-hydrogen) atoms. The van der Waals surface area contributed by atoms with Crippen LogP contribution in [0.5, 0.6) is 0 Å². The number of hydrogen-bond acceptors (Lipinski definition) is 2. The zero-order chi connectivity index (χ0) is 13.4. The Kier molecular flexibility index (Phi) is 5.84. The molecule has 0 fully saturated rings. The molecule has 4 nitrogen and oxygen atoms in total. The van der Waals surface area contributed by atoms with E-state index in [-0.39, 0.29) is 24.1 Å². The van der Waals surface area contributed by atoms with Gasteiger partial charge in [0, 0.05) is 20.0 Å². The minimum Gasteiger partial charge on any atom is -0.356 e. The molecule has 0 aliphatic rings. The first kappa shape index (κ1) is 14.2. The fraction of sp³-hybridized carbons (Fsp3) is 0.385. The van der Waals surface area contributed by atoms with Crippen LogP contribution in [-0.2, 0) is 16.0 Å². The van der Waals surface area contributed by atoms with Crippen molar-refractivity contribution >= 4 is 11.8 Å². The summed E-state index contributed by atoms with van der Waals surface area (Å²) in [6.07, 6.45) is 0.690. The molecule has 1 aromatic rings. The van der Waals surface area contributed by atoms with Crippen LogP contribution in [0.25, 0.3) is 0 Å². The summed E-state index contributed by atoms with van der Waals surface area (Å²) in [5.74, 6) is -0.679. The third-order valence-electron chi connectivity index (χ3n) is 2.36. The smallest absolute Gasteiger partial charge is 0.224 e. The van der Waals surface area contributed by atoms with Gasteiger partial charge in [-0.25, -0.2) is 4.39 Å². The first-order valence-electron chi connectivity index (χ1n) is 5.84. The maximum absolute atomic E-state index is 13.3. The molecule has 0 radical (unpaired) electrons. The Labute approximate surface area is 106 Å². The van der Waals surface area contributed by atoms with Crippen molar-refractivity contribution in [3.63, 3.8) is 0 Å². The van der Waals surface area contributed by atoms with Crippen molar-refractivity contribution in [3.8, 4) is 0 Å². The number of halogens is 1. The second-order valence-corrected chi connectivity index (χ2v) is 3.95. The summed E-state index contributed by atoms with van der Waals surface area (Å²) in [5.41, 5.74) is 0.386. The molecule has 1 rings (SSSR count). The lowest BCUT2D eigenvalue weighted by atomic mass is 10.1. The van der Waals surface area contributed by atoms with Crippen LogP contribution >= 0.6 is 0 Å². The van der Waals surface area contributed by atoms with Gasteiger partial charge in [0.05, 0.1) is 6.42 Å². The van der Waals surface area contributed by atoms with Gasteiger partial charge in [-0.2, -0.15) is 0 Å². The van der Waals surface area contributed by atoms with Crippen molar-refractivity contribution < 1.29 is 14.0 Å². The SMILES string of the molecule is CC(=O)NCCCNC(=O)Cc1ccccc1F. The van der Waals surface area contributed by atoms with Crippen LogP contribution in [0.1, 0.15) is 18.9 Å². The summed E-state index contributed by atoms with van der Waals surface area (Å²) in [6.45, 7) is 2.43. The van der Waals surface area contributed by atoms with E-state index in [0.717, 1.165) is 0 Å². The molecule has 0 bridgehead atoms. The van der Waals surface area contributed by atoms with Crippen LogP contribution in [0.3, 0.4) is 0 Å². The Balaban J connectivity index is 2.22. The molecule has 0 aliphatic heterocycles. The van der Waals surface area contributed by atoms with Gasteiger partial charge in [-0.15, -0.1) is 0 Å². The molecule has 0 aliphatic carbocycles. The fourth-order valence-electron chi connectivity index (χ4n) is 1.46. The van der Waals surface area contributed by atoms with E-state index in [9.17, 15) is 14.0 Å². The lowest BCUT2D eigenvalue weighted by Crippen LogP contribution is -2.29. The first-order valence-corrected chi connectivity index (χ1v) is 5.84. The predicted molar refractivity (Wildman–Crippen MR) is 66.4 cm³/mol. The van der Waals surface area contributed by atoms with Gasteiger partial charge < -0.3 is 10.6 Å². The summed E-state index contributed by atoms with van der Waals surface area (Å²) in [6, 6.07) is 6.21. The van der Waals surface area contributed by atoms with Gasteiger partial charge in [-0.05, 0) is 18.1 Å². The molecule has 0 saturated carbocycles. The van der Waals surface area contributed by atoms with E-state index >= 15 is 0 Å². The van der Waals surface area contributed by atoms with E-state index in [2.05, 4.69) is 10.6 Å². The van der Waals surface area contributed by atoms with Crippen molar-refractivity contribution in [1.82, 2.24) is 10.6 Å². The van der Waals surface area contributed by atoms with Gasteiger partial charge in [-0.1, -0.05) is 18.2 Å². The fourth-order valence-corrected chi connectivity index (χ4v) is 1.46. The lowest BCUT2D eigenvalue weighted by Gasteiger charge is -2.06. The maximum atomic E-state index is 13.3.